The van der Waals surface area contributed by atoms with Gasteiger partial charge in [-0.2, -0.15) is 0 Å². The summed E-state index contributed by atoms with van der Waals surface area (Å²) >= 11 is 0. The molecule has 0 aromatic carbocycles. The van der Waals surface area contributed by atoms with E-state index in [0.717, 1.165) is 13.1 Å². The Balaban J connectivity index is 2.08. The Kier molecular flexibility index (Phi) is 0.910. The van der Waals surface area contributed by atoms with Crippen LogP contribution < -0.4 is 5.23 Å². The first-order valence-electron chi connectivity index (χ1n) is 1.72. The van der Waals surface area contributed by atoms with Crippen molar-refractivity contribution < 1.29 is 0 Å². The lowest BCUT2D eigenvalue weighted by molar-refractivity contribution is 1.02. The zero-order chi connectivity index (χ0) is 3.54. The summed E-state index contributed by atoms with van der Waals surface area (Å²) in [4.78, 5) is 0. The summed E-state index contributed by atoms with van der Waals surface area (Å²) in [6, 6.07) is 0. The highest BCUT2D eigenvalue weighted by Gasteiger charge is 1.79. The molecule has 1 aliphatic rings. The van der Waals surface area contributed by atoms with Crippen molar-refractivity contribution in [2.24, 2.45) is 0 Å². The molecule has 0 aliphatic carbocycles. The van der Waals surface area contributed by atoms with Crippen LogP contribution in [0.4, 0.5) is 0 Å². The SMILES string of the molecule is [B]1[N-]CCN1. The smallest absolute Gasteiger partial charge is 0.0522 e. The molecule has 1 rings (SSSR count). The van der Waals surface area contributed by atoms with E-state index < -0.39 is 0 Å². The van der Waals surface area contributed by atoms with Crippen molar-refractivity contribution in [1.29, 1.82) is 0 Å². The highest BCUT2D eigenvalue weighted by Crippen LogP contribution is 1.82. The van der Waals surface area contributed by atoms with Crippen molar-refractivity contribution >= 4 is 7.55 Å². The number of nitrogens with one attached hydrogen (secondary N) is 1. The molecule has 1 saturated heterocycles. The van der Waals surface area contributed by atoms with Crippen LogP contribution in [0.1, 0.15) is 0 Å². The molecule has 0 amide bonds. The third-order valence-corrected chi connectivity index (χ3v) is 0.568. The third-order valence-electron chi connectivity index (χ3n) is 0.568. The van der Waals surface area contributed by atoms with Gasteiger partial charge in [0.2, 0.25) is 0 Å². The minimum atomic E-state index is 0.958. The zero-order valence-corrected chi connectivity index (χ0v) is 2.94. The van der Waals surface area contributed by atoms with Gasteiger partial charge in [0.05, 0.1) is 7.55 Å². The molecule has 5 heavy (non-hydrogen) atoms. The van der Waals surface area contributed by atoms with Gasteiger partial charge in [0.15, 0.2) is 0 Å². The van der Waals surface area contributed by atoms with Crippen LogP contribution in [-0.2, 0) is 0 Å². The molecule has 2 nitrogen and oxygen atoms in total. The maximum atomic E-state index is 3.85. The fraction of sp³-hybridized carbons (Fsp3) is 1.00. The van der Waals surface area contributed by atoms with E-state index in [4.69, 9.17) is 0 Å². The Morgan fingerprint density at radius 2 is 2.80 bits per heavy atom. The van der Waals surface area contributed by atoms with E-state index in [2.05, 4.69) is 10.5 Å². The largest absolute Gasteiger partial charge is 0.677 e. The Bertz CT molecular complexity index is 19.2. The van der Waals surface area contributed by atoms with Crippen LogP contribution in [0.15, 0.2) is 0 Å². The van der Waals surface area contributed by atoms with Crippen molar-refractivity contribution in [1.82, 2.24) is 5.23 Å². The van der Waals surface area contributed by atoms with Crippen LogP contribution >= 0.6 is 0 Å². The fourth-order valence-electron chi connectivity index (χ4n) is 0.323. The predicted octanol–water partition coefficient (Wildman–Crippen LogP) is -0.502. The summed E-state index contributed by atoms with van der Waals surface area (Å²) in [5, 5.41) is 6.78. The first kappa shape index (κ1) is 3.19. The Morgan fingerprint density at radius 3 is 3.00 bits per heavy atom. The Hall–Kier alpha value is -0.0151. The summed E-state index contributed by atoms with van der Waals surface area (Å²) in [6.45, 7) is 1.99. The summed E-state index contributed by atoms with van der Waals surface area (Å²) in [5.74, 6) is 0. The molecule has 0 saturated carbocycles. The van der Waals surface area contributed by atoms with E-state index in [0.29, 0.717) is 0 Å². The summed E-state index contributed by atoms with van der Waals surface area (Å²) in [5.41, 5.74) is 0. The molecule has 1 radical (unpaired) electrons. The van der Waals surface area contributed by atoms with Crippen molar-refractivity contribution in [3.05, 3.63) is 5.23 Å². The van der Waals surface area contributed by atoms with Gasteiger partial charge in [-0.15, -0.1) is 6.54 Å². The normalized spacial score (nSPS) is 22.4. The topological polar surface area (TPSA) is 26.1 Å². The van der Waals surface area contributed by atoms with Gasteiger partial charge in [-0.1, -0.05) is 0 Å². The van der Waals surface area contributed by atoms with Gasteiger partial charge < -0.3 is 10.5 Å². The summed E-state index contributed by atoms with van der Waals surface area (Å²) in [7, 11) is 1.74. The molecule has 0 bridgehead atoms. The monoisotopic (exact) mass is 68.1 g/mol. The molecule has 0 aromatic rings. The number of hydrogen-bond acceptors (Lipinski definition) is 1. The maximum absolute atomic E-state index is 3.85. The second-order valence-electron chi connectivity index (χ2n) is 0.989. The van der Waals surface area contributed by atoms with Gasteiger partial charge >= 0.3 is 0 Å². The molecule has 1 heterocycles. The van der Waals surface area contributed by atoms with Crippen LogP contribution in [0, 0.1) is 0 Å². The maximum Gasteiger partial charge on any atom is 0.0522 e. The van der Waals surface area contributed by atoms with Gasteiger partial charge in [0.1, 0.15) is 0 Å². The molecule has 0 spiro atoms. The number of hydrogen-bond donors (Lipinski definition) is 1. The van der Waals surface area contributed by atoms with E-state index in [-0.39, 0.29) is 0 Å². The van der Waals surface area contributed by atoms with Crippen LogP contribution in [0.5, 0.6) is 0 Å². The zero-order valence-electron chi connectivity index (χ0n) is 2.94. The van der Waals surface area contributed by atoms with Crippen LogP contribution in [0.3, 0.4) is 0 Å². The first-order chi connectivity index (χ1) is 2.50. The van der Waals surface area contributed by atoms with Gasteiger partial charge in [-0.25, -0.2) is 0 Å². The number of rotatable bonds is 0. The van der Waals surface area contributed by atoms with Crippen molar-refractivity contribution in [2.75, 3.05) is 13.1 Å². The molecule has 1 fully saturated rings. The second kappa shape index (κ2) is 1.43. The number of nitrogens with zero attached hydrogens (tertiary/aromatic N) is 1. The van der Waals surface area contributed by atoms with E-state index in [1.54, 1.807) is 7.55 Å². The standard InChI is InChI=1S/C2H5BN2/c1-2-5-3-4-1/h4H,1-2H2/q-1. The molecule has 0 unspecified atom stereocenters. The summed E-state index contributed by atoms with van der Waals surface area (Å²) in [6.07, 6.45) is 0. The molecule has 27 valence electrons. The van der Waals surface area contributed by atoms with Crippen LogP contribution in [-0.4, -0.2) is 20.6 Å². The van der Waals surface area contributed by atoms with Gasteiger partial charge in [0.25, 0.3) is 0 Å². The second-order valence-corrected chi connectivity index (χ2v) is 0.989. The average Bonchev–Trinajstić information content (AvgIpc) is 1.76. The van der Waals surface area contributed by atoms with E-state index in [9.17, 15) is 0 Å². The van der Waals surface area contributed by atoms with Gasteiger partial charge in [-0.3, -0.25) is 0 Å². The van der Waals surface area contributed by atoms with E-state index in [1.807, 2.05) is 0 Å². The van der Waals surface area contributed by atoms with Gasteiger partial charge in [-0.05, 0) is 6.54 Å². The Morgan fingerprint density at radius 1 is 1.80 bits per heavy atom. The molecule has 3 heteroatoms. The molecule has 0 aromatic heterocycles. The lowest BCUT2D eigenvalue weighted by Crippen LogP contribution is -2.08. The third kappa shape index (κ3) is 0.632. The quantitative estimate of drug-likeness (QED) is 0.380. The molecule has 1 N–H and O–H groups in total. The van der Waals surface area contributed by atoms with Gasteiger partial charge in [0, 0.05) is 0 Å². The fourth-order valence-corrected chi connectivity index (χ4v) is 0.323. The van der Waals surface area contributed by atoms with Crippen molar-refractivity contribution in [2.45, 2.75) is 0 Å². The average molecular weight is 67.9 g/mol. The minimum Gasteiger partial charge on any atom is -0.677 e. The Labute approximate surface area is 32.2 Å². The van der Waals surface area contributed by atoms with Crippen molar-refractivity contribution in [3.63, 3.8) is 0 Å². The van der Waals surface area contributed by atoms with Crippen LogP contribution in [0.25, 0.3) is 5.23 Å². The lowest BCUT2D eigenvalue weighted by atomic mass is 10.2. The predicted molar refractivity (Wildman–Crippen MR) is 22.0 cm³/mol. The molecule has 1 aliphatic heterocycles. The molecule has 0 atom stereocenters. The lowest BCUT2D eigenvalue weighted by Gasteiger charge is -1.97. The molecular weight excluding hydrogens is 62.8 g/mol. The van der Waals surface area contributed by atoms with Crippen molar-refractivity contribution in [3.8, 4) is 0 Å². The summed E-state index contributed by atoms with van der Waals surface area (Å²) < 4.78 is 0. The molecular formula is C2H5BN2-. The van der Waals surface area contributed by atoms with E-state index in [1.165, 1.54) is 0 Å². The highest BCUT2D eigenvalue weighted by atomic mass is 15.0. The van der Waals surface area contributed by atoms with Crippen LogP contribution in [0.2, 0.25) is 0 Å². The van der Waals surface area contributed by atoms with E-state index >= 15 is 0 Å². The minimum absolute atomic E-state index is 0.958. The highest BCUT2D eigenvalue weighted by molar-refractivity contribution is 6.39. The first-order valence-corrected chi connectivity index (χ1v) is 1.72.